The van der Waals surface area contributed by atoms with E-state index in [0.29, 0.717) is 12.3 Å². The number of carbonyl (C=O) groups is 2. The van der Waals surface area contributed by atoms with Crippen LogP contribution >= 0.6 is 15.9 Å². The topological polar surface area (TPSA) is 96.0 Å². The second-order valence-corrected chi connectivity index (χ2v) is 11.5. The molecule has 0 heterocycles. The maximum Gasteiger partial charge on any atom is 0.264 e. The molecule has 8 nitrogen and oxygen atoms in total. The van der Waals surface area contributed by atoms with E-state index in [-0.39, 0.29) is 23.0 Å². The number of aryl methyl sites for hydroxylation is 1. The normalized spacial score (nSPS) is 11.9. The number of methoxy groups -OCH3 is 1. The van der Waals surface area contributed by atoms with Gasteiger partial charge in [-0.1, -0.05) is 51.8 Å². The first-order valence-corrected chi connectivity index (χ1v) is 14.3. The minimum atomic E-state index is -4.14. The lowest BCUT2D eigenvalue weighted by molar-refractivity contribution is -0.139. The molecule has 10 heteroatoms. The van der Waals surface area contributed by atoms with Crippen molar-refractivity contribution in [3.8, 4) is 5.75 Å². The fourth-order valence-electron chi connectivity index (χ4n) is 3.87. The highest BCUT2D eigenvalue weighted by Gasteiger charge is 2.32. The van der Waals surface area contributed by atoms with Crippen LogP contribution in [0.5, 0.6) is 5.75 Å². The van der Waals surface area contributed by atoms with Crippen LogP contribution in [0.4, 0.5) is 5.69 Å². The number of hydrogen-bond donors (Lipinski definition) is 1. The minimum Gasteiger partial charge on any atom is -0.497 e. The number of hydrogen-bond acceptors (Lipinski definition) is 5. The van der Waals surface area contributed by atoms with Crippen molar-refractivity contribution in [1.29, 1.82) is 0 Å². The fraction of sp³-hybridized carbons (Fsp3) is 0.286. The Labute approximate surface area is 232 Å². The van der Waals surface area contributed by atoms with Crippen LogP contribution in [0, 0.1) is 6.92 Å². The molecule has 0 aliphatic heterocycles. The summed E-state index contributed by atoms with van der Waals surface area (Å²) in [5.41, 5.74) is 1.97. The van der Waals surface area contributed by atoms with Gasteiger partial charge >= 0.3 is 0 Å². The second-order valence-electron chi connectivity index (χ2n) is 8.75. The Hall–Kier alpha value is -3.37. The molecule has 0 radical (unpaired) electrons. The Morgan fingerprint density at radius 1 is 1.03 bits per heavy atom. The van der Waals surface area contributed by atoms with Crippen LogP contribution in [-0.4, -0.2) is 51.4 Å². The number of nitrogens with zero attached hydrogens (tertiary/aromatic N) is 2. The molecule has 0 aromatic heterocycles. The van der Waals surface area contributed by atoms with Gasteiger partial charge in [-0.2, -0.15) is 0 Å². The van der Waals surface area contributed by atoms with Gasteiger partial charge in [0.05, 0.1) is 17.7 Å². The van der Waals surface area contributed by atoms with Crippen molar-refractivity contribution in [2.75, 3.05) is 24.5 Å². The van der Waals surface area contributed by atoms with Gasteiger partial charge in [-0.3, -0.25) is 13.9 Å². The zero-order valence-electron chi connectivity index (χ0n) is 21.8. The molecule has 3 aromatic carbocycles. The van der Waals surface area contributed by atoms with E-state index in [0.717, 1.165) is 19.9 Å². The molecule has 3 aromatic rings. The maximum atomic E-state index is 13.8. The van der Waals surface area contributed by atoms with Crippen LogP contribution in [0.25, 0.3) is 0 Å². The number of halogens is 1. The van der Waals surface area contributed by atoms with E-state index in [2.05, 4.69) is 21.2 Å². The van der Waals surface area contributed by atoms with Gasteiger partial charge in [0.2, 0.25) is 11.8 Å². The molecule has 2 amide bonds. The number of benzene rings is 3. The van der Waals surface area contributed by atoms with Gasteiger partial charge in [0.15, 0.2) is 0 Å². The van der Waals surface area contributed by atoms with Gasteiger partial charge in [0.1, 0.15) is 18.3 Å². The van der Waals surface area contributed by atoms with Crippen molar-refractivity contribution in [2.45, 2.75) is 38.3 Å². The van der Waals surface area contributed by atoms with Crippen LogP contribution in [0.3, 0.4) is 0 Å². The Morgan fingerprint density at radius 3 is 2.34 bits per heavy atom. The van der Waals surface area contributed by atoms with Gasteiger partial charge in [0.25, 0.3) is 10.0 Å². The molecule has 0 fully saturated rings. The highest BCUT2D eigenvalue weighted by atomic mass is 79.9. The molecule has 3 rings (SSSR count). The van der Waals surface area contributed by atoms with Crippen LogP contribution in [-0.2, 0) is 26.2 Å². The lowest BCUT2D eigenvalue weighted by Gasteiger charge is -2.32. The average Bonchev–Trinajstić information content (AvgIpc) is 2.90. The zero-order valence-corrected chi connectivity index (χ0v) is 24.3. The summed E-state index contributed by atoms with van der Waals surface area (Å²) >= 11 is 3.44. The average molecular weight is 603 g/mol. The summed E-state index contributed by atoms with van der Waals surface area (Å²) in [6.07, 6.45) is 0. The monoisotopic (exact) mass is 601 g/mol. The van der Waals surface area contributed by atoms with E-state index in [9.17, 15) is 18.0 Å². The van der Waals surface area contributed by atoms with E-state index in [1.165, 1.54) is 24.1 Å². The smallest absolute Gasteiger partial charge is 0.264 e. The minimum absolute atomic E-state index is 0.0500. The third-order valence-electron chi connectivity index (χ3n) is 5.99. The molecular weight excluding hydrogens is 570 g/mol. The van der Waals surface area contributed by atoms with Crippen LogP contribution in [0.15, 0.2) is 82.2 Å². The summed E-state index contributed by atoms with van der Waals surface area (Å²) in [4.78, 5) is 28.1. The van der Waals surface area contributed by atoms with Crippen molar-refractivity contribution >= 4 is 43.5 Å². The summed E-state index contributed by atoms with van der Waals surface area (Å²) in [5, 5.41) is 2.75. The van der Waals surface area contributed by atoms with Crippen molar-refractivity contribution in [1.82, 2.24) is 10.2 Å². The van der Waals surface area contributed by atoms with Gasteiger partial charge < -0.3 is 15.0 Å². The Kier molecular flexibility index (Phi) is 9.93. The molecule has 1 N–H and O–H groups in total. The molecule has 0 aliphatic rings. The third-order valence-corrected chi connectivity index (χ3v) is 8.27. The first kappa shape index (κ1) is 29.2. The number of rotatable bonds is 11. The molecule has 0 saturated carbocycles. The van der Waals surface area contributed by atoms with E-state index in [4.69, 9.17) is 4.74 Å². The van der Waals surface area contributed by atoms with Gasteiger partial charge in [-0.25, -0.2) is 8.42 Å². The summed E-state index contributed by atoms with van der Waals surface area (Å²) in [6, 6.07) is 19.5. The summed E-state index contributed by atoms with van der Waals surface area (Å²) in [5.74, 6) is -0.409. The van der Waals surface area contributed by atoms with Crippen molar-refractivity contribution in [3.05, 3.63) is 88.4 Å². The number of ether oxygens (including phenoxy) is 1. The van der Waals surface area contributed by atoms with Crippen molar-refractivity contribution in [2.24, 2.45) is 0 Å². The first-order valence-electron chi connectivity index (χ1n) is 12.1. The number of amides is 2. The van der Waals surface area contributed by atoms with E-state index >= 15 is 0 Å². The molecule has 1 atom stereocenters. The third kappa shape index (κ3) is 7.14. The molecular formula is C28H32BrN3O5S. The van der Waals surface area contributed by atoms with Crippen LogP contribution in [0.1, 0.15) is 25.0 Å². The number of likely N-dealkylation sites (N-methyl/N-ethyl adjacent to an activating group) is 1. The van der Waals surface area contributed by atoms with Crippen LogP contribution in [0.2, 0.25) is 0 Å². The molecule has 0 aliphatic carbocycles. The largest absolute Gasteiger partial charge is 0.497 e. The standard InChI is InChI=1S/C28H32BrN3O5S/c1-5-30-28(34)21(3)31(18-22-8-6-9-23(29)16-22)27(33)19-32(24-10-7-11-25(17-24)37-4)38(35,36)26-14-12-20(2)13-15-26/h6-17,21H,5,18-19H2,1-4H3,(H,30,34)/t21-/m1/s1. The Balaban J connectivity index is 2.05. The van der Waals surface area contributed by atoms with Gasteiger partial charge in [0, 0.05) is 23.6 Å². The number of sulfonamides is 1. The number of carbonyl (C=O) groups excluding carboxylic acids is 2. The summed E-state index contributed by atoms with van der Waals surface area (Å²) in [6.45, 7) is 5.30. The lowest BCUT2D eigenvalue weighted by Crippen LogP contribution is -2.51. The number of anilines is 1. The highest BCUT2D eigenvalue weighted by Crippen LogP contribution is 2.28. The SMILES string of the molecule is CCNC(=O)[C@@H](C)N(Cc1cccc(Br)c1)C(=O)CN(c1cccc(OC)c1)S(=O)(=O)c1ccc(C)cc1. The van der Waals surface area contributed by atoms with E-state index in [1.807, 2.05) is 31.2 Å². The Bertz CT molecular complexity index is 1380. The molecule has 0 bridgehead atoms. The molecule has 0 unspecified atom stereocenters. The lowest BCUT2D eigenvalue weighted by atomic mass is 10.1. The van der Waals surface area contributed by atoms with Crippen LogP contribution < -0.4 is 14.4 Å². The highest BCUT2D eigenvalue weighted by molar-refractivity contribution is 9.10. The Morgan fingerprint density at radius 2 is 1.71 bits per heavy atom. The molecule has 202 valence electrons. The quantitative estimate of drug-likeness (QED) is 0.349. The predicted molar refractivity (Wildman–Crippen MR) is 152 cm³/mol. The van der Waals surface area contributed by atoms with Crippen molar-refractivity contribution in [3.63, 3.8) is 0 Å². The zero-order chi connectivity index (χ0) is 27.9. The first-order chi connectivity index (χ1) is 18.1. The summed E-state index contributed by atoms with van der Waals surface area (Å²) in [7, 11) is -2.66. The predicted octanol–water partition coefficient (Wildman–Crippen LogP) is 4.51. The second kappa shape index (κ2) is 12.9. The van der Waals surface area contributed by atoms with Gasteiger partial charge in [-0.05, 0) is 62.7 Å². The van der Waals surface area contributed by atoms with Gasteiger partial charge in [-0.15, -0.1) is 0 Å². The van der Waals surface area contributed by atoms with Crippen molar-refractivity contribution < 1.29 is 22.7 Å². The molecule has 0 spiro atoms. The molecule has 0 saturated heterocycles. The molecule has 38 heavy (non-hydrogen) atoms. The number of nitrogens with one attached hydrogen (secondary N) is 1. The van der Waals surface area contributed by atoms with E-state index in [1.54, 1.807) is 50.2 Å². The summed E-state index contributed by atoms with van der Waals surface area (Å²) < 4.78 is 34.9. The van der Waals surface area contributed by atoms with E-state index < -0.39 is 28.5 Å². The fourth-order valence-corrected chi connectivity index (χ4v) is 5.72. The maximum absolute atomic E-state index is 13.8.